The summed E-state index contributed by atoms with van der Waals surface area (Å²) >= 11 is 0. The first-order valence-corrected chi connectivity index (χ1v) is 9.96. The lowest BCUT2D eigenvalue weighted by atomic mass is 9.91. The van der Waals surface area contributed by atoms with Gasteiger partial charge < -0.3 is 15.1 Å². The summed E-state index contributed by atoms with van der Waals surface area (Å²) in [6, 6.07) is 6.29. The van der Waals surface area contributed by atoms with Gasteiger partial charge in [-0.05, 0) is 30.0 Å². The van der Waals surface area contributed by atoms with E-state index in [4.69, 9.17) is 0 Å². The normalized spacial score (nSPS) is 15.2. The van der Waals surface area contributed by atoms with Crippen molar-refractivity contribution in [1.29, 1.82) is 0 Å². The summed E-state index contributed by atoms with van der Waals surface area (Å²) in [6.07, 6.45) is 2.35. The van der Waals surface area contributed by atoms with Crippen molar-refractivity contribution in [2.24, 2.45) is 0 Å². The molecule has 0 radical (unpaired) electrons. The fraction of sp³-hybridized carbons (Fsp3) is 0.571. The summed E-state index contributed by atoms with van der Waals surface area (Å²) in [5.74, 6) is -0.321. The molecule has 1 atom stereocenters. The minimum Gasteiger partial charge on any atom is -0.356 e. The Bertz CT molecular complexity index is 670. The second-order valence-electron chi connectivity index (χ2n) is 7.23. The number of rotatable bonds is 8. The largest absolute Gasteiger partial charge is 0.356 e. The van der Waals surface area contributed by atoms with Crippen LogP contribution < -0.4 is 5.32 Å². The number of nitrogens with one attached hydrogen (secondary N) is 1. The second kappa shape index (κ2) is 10.8. The molecular formula is C21H30FN3O3. The van der Waals surface area contributed by atoms with Gasteiger partial charge in [0.1, 0.15) is 5.82 Å². The van der Waals surface area contributed by atoms with Crippen molar-refractivity contribution in [2.75, 3.05) is 32.7 Å². The third-order valence-electron chi connectivity index (χ3n) is 5.15. The Hall–Kier alpha value is -2.44. The van der Waals surface area contributed by atoms with Crippen molar-refractivity contribution < 1.29 is 18.8 Å². The van der Waals surface area contributed by atoms with Crippen LogP contribution in [0.15, 0.2) is 24.3 Å². The Morgan fingerprint density at radius 1 is 1.07 bits per heavy atom. The zero-order valence-corrected chi connectivity index (χ0v) is 16.7. The quantitative estimate of drug-likeness (QED) is 0.739. The van der Waals surface area contributed by atoms with Gasteiger partial charge in [0.15, 0.2) is 0 Å². The Morgan fingerprint density at radius 3 is 2.25 bits per heavy atom. The molecule has 1 aromatic carbocycles. The average molecular weight is 391 g/mol. The highest BCUT2D eigenvalue weighted by atomic mass is 19.1. The number of carbonyl (C=O) groups excluding carboxylic acids is 3. The van der Waals surface area contributed by atoms with Crippen LogP contribution in [0.25, 0.3) is 0 Å². The number of carbonyl (C=O) groups is 3. The fourth-order valence-corrected chi connectivity index (χ4v) is 3.50. The highest BCUT2D eigenvalue weighted by Crippen LogP contribution is 2.25. The third-order valence-corrected chi connectivity index (χ3v) is 5.15. The minimum absolute atomic E-state index is 0.00727. The van der Waals surface area contributed by atoms with Gasteiger partial charge in [0, 0.05) is 52.5 Å². The molecule has 1 aromatic rings. The molecule has 1 N–H and O–H groups in total. The van der Waals surface area contributed by atoms with Crippen molar-refractivity contribution in [3.8, 4) is 0 Å². The highest BCUT2D eigenvalue weighted by Gasteiger charge is 2.22. The van der Waals surface area contributed by atoms with Crippen LogP contribution in [0.3, 0.4) is 0 Å². The topological polar surface area (TPSA) is 69.7 Å². The second-order valence-corrected chi connectivity index (χ2v) is 7.23. The summed E-state index contributed by atoms with van der Waals surface area (Å²) in [5, 5.41) is 2.82. The molecule has 1 unspecified atom stereocenters. The molecule has 2 rings (SSSR count). The van der Waals surface area contributed by atoms with E-state index >= 15 is 0 Å². The summed E-state index contributed by atoms with van der Waals surface area (Å²) in [5.41, 5.74) is 0.956. The number of benzene rings is 1. The number of halogens is 1. The van der Waals surface area contributed by atoms with Gasteiger partial charge in [-0.2, -0.15) is 0 Å². The van der Waals surface area contributed by atoms with Crippen LogP contribution >= 0.6 is 0 Å². The Kier molecular flexibility index (Phi) is 8.42. The van der Waals surface area contributed by atoms with Crippen LogP contribution in [-0.2, 0) is 14.4 Å². The van der Waals surface area contributed by atoms with E-state index in [0.717, 1.165) is 18.4 Å². The Morgan fingerprint density at radius 2 is 1.68 bits per heavy atom. The molecule has 0 aromatic heterocycles. The predicted octanol–water partition coefficient (Wildman–Crippen LogP) is 2.30. The third kappa shape index (κ3) is 6.62. The van der Waals surface area contributed by atoms with Crippen LogP contribution in [0.2, 0.25) is 0 Å². The number of piperazine rings is 1. The van der Waals surface area contributed by atoms with Crippen LogP contribution in [0, 0.1) is 5.82 Å². The SMILES string of the molecule is CCCC(CC(=O)NCCC(=O)N1CCN(C(C)=O)CC1)c1ccc(F)cc1. The van der Waals surface area contributed by atoms with Crippen LogP contribution in [0.5, 0.6) is 0 Å². The Labute approximate surface area is 166 Å². The van der Waals surface area contributed by atoms with Crippen molar-refractivity contribution >= 4 is 17.7 Å². The van der Waals surface area contributed by atoms with Gasteiger partial charge in [-0.15, -0.1) is 0 Å². The number of nitrogens with zero attached hydrogens (tertiary/aromatic N) is 2. The van der Waals surface area contributed by atoms with E-state index in [2.05, 4.69) is 12.2 Å². The molecule has 1 saturated heterocycles. The van der Waals surface area contributed by atoms with Crippen molar-refractivity contribution in [2.45, 2.75) is 45.4 Å². The molecule has 1 aliphatic heterocycles. The molecule has 6 nitrogen and oxygen atoms in total. The monoisotopic (exact) mass is 391 g/mol. The molecule has 154 valence electrons. The smallest absolute Gasteiger partial charge is 0.224 e. The van der Waals surface area contributed by atoms with Gasteiger partial charge in [-0.1, -0.05) is 25.5 Å². The summed E-state index contributed by atoms with van der Waals surface area (Å²) in [7, 11) is 0. The van der Waals surface area contributed by atoms with Gasteiger partial charge in [0.05, 0.1) is 0 Å². The zero-order chi connectivity index (χ0) is 20.5. The van der Waals surface area contributed by atoms with Crippen molar-refractivity contribution in [3.05, 3.63) is 35.6 Å². The maximum atomic E-state index is 13.1. The molecule has 1 fully saturated rings. The standard InChI is InChI=1S/C21H30FN3O3/c1-3-4-18(17-5-7-19(22)8-6-17)15-20(27)23-10-9-21(28)25-13-11-24(12-14-25)16(2)26/h5-8,18H,3-4,9-15H2,1-2H3,(H,23,27). The van der Waals surface area contributed by atoms with Gasteiger partial charge in [0.2, 0.25) is 17.7 Å². The predicted molar refractivity (Wildman–Crippen MR) is 105 cm³/mol. The number of amides is 3. The lowest BCUT2D eigenvalue weighted by molar-refractivity contribution is -0.138. The van der Waals surface area contributed by atoms with Crippen LogP contribution in [0.1, 0.15) is 51.0 Å². The zero-order valence-electron chi connectivity index (χ0n) is 16.7. The first-order chi connectivity index (χ1) is 13.4. The van der Waals surface area contributed by atoms with Gasteiger partial charge in [-0.25, -0.2) is 4.39 Å². The van der Waals surface area contributed by atoms with Crippen molar-refractivity contribution in [1.82, 2.24) is 15.1 Å². The van der Waals surface area contributed by atoms with E-state index in [0.29, 0.717) is 39.1 Å². The van der Waals surface area contributed by atoms with E-state index in [1.165, 1.54) is 19.1 Å². The summed E-state index contributed by atoms with van der Waals surface area (Å²) < 4.78 is 13.1. The number of hydrogen-bond donors (Lipinski definition) is 1. The van der Waals surface area contributed by atoms with E-state index < -0.39 is 0 Å². The number of hydrogen-bond acceptors (Lipinski definition) is 3. The Balaban J connectivity index is 1.74. The highest BCUT2D eigenvalue weighted by molar-refractivity contribution is 5.80. The molecular weight excluding hydrogens is 361 g/mol. The van der Waals surface area contributed by atoms with Crippen LogP contribution in [0.4, 0.5) is 4.39 Å². The lowest BCUT2D eigenvalue weighted by Gasteiger charge is -2.34. The molecule has 1 heterocycles. The van der Waals surface area contributed by atoms with Gasteiger partial charge in [-0.3, -0.25) is 14.4 Å². The van der Waals surface area contributed by atoms with E-state index in [9.17, 15) is 18.8 Å². The molecule has 3 amide bonds. The molecule has 0 bridgehead atoms. The first kappa shape index (κ1) is 21.9. The van der Waals surface area contributed by atoms with E-state index in [1.54, 1.807) is 21.9 Å². The van der Waals surface area contributed by atoms with Crippen molar-refractivity contribution in [3.63, 3.8) is 0 Å². The first-order valence-electron chi connectivity index (χ1n) is 9.96. The molecule has 1 aliphatic rings. The maximum absolute atomic E-state index is 13.1. The molecule has 7 heteroatoms. The van der Waals surface area contributed by atoms with E-state index in [1.807, 2.05) is 0 Å². The average Bonchev–Trinajstić information content (AvgIpc) is 2.68. The fourth-order valence-electron chi connectivity index (χ4n) is 3.50. The molecule has 0 spiro atoms. The van der Waals surface area contributed by atoms with Gasteiger partial charge in [0.25, 0.3) is 0 Å². The van der Waals surface area contributed by atoms with Gasteiger partial charge >= 0.3 is 0 Å². The summed E-state index contributed by atoms with van der Waals surface area (Å²) in [6.45, 7) is 6.08. The maximum Gasteiger partial charge on any atom is 0.224 e. The van der Waals surface area contributed by atoms with E-state index in [-0.39, 0.29) is 35.9 Å². The molecule has 0 saturated carbocycles. The minimum atomic E-state index is -0.286. The lowest BCUT2D eigenvalue weighted by Crippen LogP contribution is -2.50. The summed E-state index contributed by atoms with van der Waals surface area (Å²) in [4.78, 5) is 39.4. The molecule has 28 heavy (non-hydrogen) atoms. The molecule has 0 aliphatic carbocycles. The van der Waals surface area contributed by atoms with Crippen LogP contribution in [-0.4, -0.2) is 60.2 Å².